The van der Waals surface area contributed by atoms with Crippen molar-refractivity contribution in [3.8, 4) is 5.75 Å². The Hall–Kier alpha value is -2.78. The zero-order valence-corrected chi connectivity index (χ0v) is 18.6. The van der Waals surface area contributed by atoms with Gasteiger partial charge >= 0.3 is 16.1 Å². The van der Waals surface area contributed by atoms with Crippen molar-refractivity contribution in [3.05, 3.63) is 82.7 Å². The predicted octanol–water partition coefficient (Wildman–Crippen LogP) is 5.00. The standard InChI is InChI=1S/C21H21BrN2O5S/c1-2-30(26,27)29-19-6-3-5-16(13-19)14-24(15-20-7-4-12-28-20)21(25)23-18-10-8-17(22)9-11-18/h3-13H,2,14-15H2,1H3,(H,23,25). The number of benzene rings is 2. The molecule has 0 fully saturated rings. The minimum absolute atomic E-state index is 0.128. The Labute approximate surface area is 183 Å². The van der Waals surface area contributed by atoms with E-state index in [2.05, 4.69) is 21.2 Å². The van der Waals surface area contributed by atoms with Gasteiger partial charge in [-0.2, -0.15) is 8.42 Å². The largest absolute Gasteiger partial charge is 0.467 e. The summed E-state index contributed by atoms with van der Waals surface area (Å²) in [6, 6.07) is 17.1. The number of urea groups is 1. The fraction of sp³-hybridized carbons (Fsp3) is 0.190. The molecule has 3 rings (SSSR count). The zero-order chi connectivity index (χ0) is 21.6. The third-order valence-electron chi connectivity index (χ3n) is 4.16. The lowest BCUT2D eigenvalue weighted by Crippen LogP contribution is -2.34. The van der Waals surface area contributed by atoms with Crippen LogP contribution in [0.15, 0.2) is 75.8 Å². The van der Waals surface area contributed by atoms with Crippen LogP contribution < -0.4 is 9.50 Å². The second-order valence-electron chi connectivity index (χ2n) is 6.45. The molecule has 0 saturated heterocycles. The Kier molecular flexibility index (Phi) is 7.17. The van der Waals surface area contributed by atoms with Gasteiger partial charge in [0, 0.05) is 16.7 Å². The lowest BCUT2D eigenvalue weighted by molar-refractivity contribution is 0.201. The summed E-state index contributed by atoms with van der Waals surface area (Å²) >= 11 is 3.37. The van der Waals surface area contributed by atoms with E-state index in [9.17, 15) is 13.2 Å². The fourth-order valence-corrected chi connectivity index (χ4v) is 3.43. The zero-order valence-electron chi connectivity index (χ0n) is 16.2. The molecule has 0 radical (unpaired) electrons. The SMILES string of the molecule is CCS(=O)(=O)Oc1cccc(CN(Cc2ccco2)C(=O)Nc2ccc(Br)cc2)c1. The molecular formula is C21H21BrN2O5S. The normalized spacial score (nSPS) is 11.1. The summed E-state index contributed by atoms with van der Waals surface area (Å²) < 4.78 is 34.8. The van der Waals surface area contributed by atoms with Gasteiger partial charge in [-0.3, -0.25) is 0 Å². The highest BCUT2D eigenvalue weighted by atomic mass is 79.9. The molecular weight excluding hydrogens is 472 g/mol. The summed E-state index contributed by atoms with van der Waals surface area (Å²) in [5.41, 5.74) is 1.37. The van der Waals surface area contributed by atoms with Gasteiger partial charge in [-0.1, -0.05) is 28.1 Å². The molecule has 0 aliphatic heterocycles. The van der Waals surface area contributed by atoms with E-state index in [0.29, 0.717) is 11.4 Å². The molecule has 7 nitrogen and oxygen atoms in total. The first-order chi connectivity index (χ1) is 14.3. The molecule has 158 valence electrons. The highest BCUT2D eigenvalue weighted by molar-refractivity contribution is 9.10. The van der Waals surface area contributed by atoms with Gasteiger partial charge in [0.2, 0.25) is 0 Å². The first-order valence-corrected chi connectivity index (χ1v) is 11.6. The molecule has 30 heavy (non-hydrogen) atoms. The van der Waals surface area contributed by atoms with Crippen LogP contribution in [-0.2, 0) is 23.2 Å². The van der Waals surface area contributed by atoms with E-state index < -0.39 is 10.1 Å². The van der Waals surface area contributed by atoms with Gasteiger partial charge in [-0.15, -0.1) is 0 Å². The van der Waals surface area contributed by atoms with Crippen LogP contribution in [0.1, 0.15) is 18.2 Å². The number of nitrogens with one attached hydrogen (secondary N) is 1. The quantitative estimate of drug-likeness (QED) is 0.446. The van der Waals surface area contributed by atoms with Crippen LogP contribution in [0.25, 0.3) is 0 Å². The van der Waals surface area contributed by atoms with E-state index >= 15 is 0 Å². The smallest absolute Gasteiger partial charge is 0.322 e. The summed E-state index contributed by atoms with van der Waals surface area (Å²) in [5, 5.41) is 2.86. The first kappa shape index (κ1) is 21.9. The highest BCUT2D eigenvalue weighted by Crippen LogP contribution is 2.20. The van der Waals surface area contributed by atoms with Gasteiger partial charge in [-0.05, 0) is 61.0 Å². The van der Waals surface area contributed by atoms with Gasteiger partial charge < -0.3 is 18.8 Å². The van der Waals surface area contributed by atoms with Gasteiger partial charge in [0.1, 0.15) is 11.5 Å². The molecule has 1 N–H and O–H groups in total. The molecule has 0 atom stereocenters. The molecule has 3 aromatic rings. The molecule has 0 bridgehead atoms. The summed E-state index contributed by atoms with van der Waals surface area (Å²) in [4.78, 5) is 14.5. The minimum atomic E-state index is -3.63. The first-order valence-electron chi connectivity index (χ1n) is 9.19. The molecule has 1 heterocycles. The number of carbonyl (C=O) groups excluding carboxylic acids is 1. The van der Waals surface area contributed by atoms with Crippen LogP contribution in [0.4, 0.5) is 10.5 Å². The van der Waals surface area contributed by atoms with Gasteiger partial charge in [0.25, 0.3) is 0 Å². The predicted molar refractivity (Wildman–Crippen MR) is 118 cm³/mol. The van der Waals surface area contributed by atoms with E-state index in [1.807, 2.05) is 12.1 Å². The lowest BCUT2D eigenvalue weighted by atomic mass is 10.2. The number of rotatable bonds is 8. The van der Waals surface area contributed by atoms with Crippen LogP contribution in [0.2, 0.25) is 0 Å². The number of amides is 2. The third kappa shape index (κ3) is 6.36. The number of hydrogen-bond acceptors (Lipinski definition) is 5. The van der Waals surface area contributed by atoms with Crippen molar-refractivity contribution in [2.75, 3.05) is 11.1 Å². The lowest BCUT2D eigenvalue weighted by Gasteiger charge is -2.22. The molecule has 1 aromatic heterocycles. The van der Waals surface area contributed by atoms with Crippen LogP contribution >= 0.6 is 15.9 Å². The summed E-state index contributed by atoms with van der Waals surface area (Å²) in [7, 11) is -3.63. The molecule has 0 spiro atoms. The molecule has 0 unspecified atom stereocenters. The van der Waals surface area contributed by atoms with Crippen molar-refractivity contribution < 1.29 is 21.8 Å². The Balaban J connectivity index is 1.78. The highest BCUT2D eigenvalue weighted by Gasteiger charge is 2.17. The average molecular weight is 493 g/mol. The number of nitrogens with zero attached hydrogens (tertiary/aromatic N) is 1. The molecule has 9 heteroatoms. The monoisotopic (exact) mass is 492 g/mol. The maximum absolute atomic E-state index is 12.9. The molecule has 2 aromatic carbocycles. The molecule has 0 aliphatic rings. The van der Waals surface area contributed by atoms with Gasteiger partial charge in [0.05, 0.1) is 18.6 Å². The van der Waals surface area contributed by atoms with E-state index in [0.717, 1.165) is 10.0 Å². The van der Waals surface area contributed by atoms with Crippen molar-refractivity contribution in [3.63, 3.8) is 0 Å². The third-order valence-corrected chi connectivity index (χ3v) is 5.84. The van der Waals surface area contributed by atoms with E-state index in [-0.39, 0.29) is 30.6 Å². The number of halogens is 1. The van der Waals surface area contributed by atoms with Crippen LogP contribution in [0, 0.1) is 0 Å². The Bertz CT molecular complexity index is 1080. The number of carbonyl (C=O) groups is 1. The summed E-state index contributed by atoms with van der Waals surface area (Å²) in [6.45, 7) is 1.98. The van der Waals surface area contributed by atoms with Crippen LogP contribution in [-0.4, -0.2) is 25.1 Å². The van der Waals surface area contributed by atoms with Gasteiger partial charge in [0.15, 0.2) is 0 Å². The average Bonchev–Trinajstić information content (AvgIpc) is 3.22. The molecule has 2 amide bonds. The number of furan rings is 1. The topological polar surface area (TPSA) is 88.9 Å². The van der Waals surface area contributed by atoms with Crippen molar-refractivity contribution in [2.45, 2.75) is 20.0 Å². The summed E-state index contributed by atoms with van der Waals surface area (Å²) in [5.74, 6) is 0.708. The van der Waals surface area contributed by atoms with E-state index in [4.69, 9.17) is 8.60 Å². The Morgan fingerprint density at radius 2 is 1.87 bits per heavy atom. The number of anilines is 1. The van der Waals surface area contributed by atoms with Crippen molar-refractivity contribution >= 4 is 37.8 Å². The minimum Gasteiger partial charge on any atom is -0.467 e. The number of hydrogen-bond donors (Lipinski definition) is 1. The van der Waals surface area contributed by atoms with Crippen molar-refractivity contribution in [1.82, 2.24) is 4.90 Å². The Morgan fingerprint density at radius 1 is 1.10 bits per heavy atom. The Morgan fingerprint density at radius 3 is 2.53 bits per heavy atom. The molecule has 0 saturated carbocycles. The van der Waals surface area contributed by atoms with Crippen LogP contribution in [0.5, 0.6) is 5.75 Å². The van der Waals surface area contributed by atoms with Crippen molar-refractivity contribution in [2.24, 2.45) is 0 Å². The molecule has 0 aliphatic carbocycles. The van der Waals surface area contributed by atoms with E-state index in [1.165, 1.54) is 6.92 Å². The van der Waals surface area contributed by atoms with Crippen LogP contribution in [0.3, 0.4) is 0 Å². The second-order valence-corrected chi connectivity index (χ2v) is 9.22. The second kappa shape index (κ2) is 9.82. The van der Waals surface area contributed by atoms with Crippen molar-refractivity contribution in [1.29, 1.82) is 0 Å². The maximum Gasteiger partial charge on any atom is 0.322 e. The maximum atomic E-state index is 12.9. The fourth-order valence-electron chi connectivity index (χ4n) is 2.65. The van der Waals surface area contributed by atoms with E-state index in [1.54, 1.807) is 59.7 Å². The van der Waals surface area contributed by atoms with Gasteiger partial charge in [-0.25, -0.2) is 4.79 Å². The summed E-state index contributed by atoms with van der Waals surface area (Å²) in [6.07, 6.45) is 1.55.